The number of aromatic nitrogens is 2. The van der Waals surface area contributed by atoms with Crippen molar-refractivity contribution >= 4 is 12.0 Å². The molecule has 1 aliphatic carbocycles. The summed E-state index contributed by atoms with van der Waals surface area (Å²) in [6.07, 6.45) is -5.53. The maximum atomic E-state index is 14.9. The molecule has 0 bridgehead atoms. The van der Waals surface area contributed by atoms with E-state index in [0.29, 0.717) is 12.8 Å². The first-order chi connectivity index (χ1) is 15.0. The normalized spacial score (nSPS) is 22.9. The standard InChI is InChI=1S/C19H18F4N4O5/c1-8-7-30-14-5-9(15-25-17(32-26-15)19(21,22)23)4-13(20)12(14)6-27(8)16(28)10-2-11(3-10)31-18(24)29/h4-5,8,10-11H,2-3,6-7H2,1H3,(H2,24,29). The number of nitrogens with two attached hydrogens (primary N) is 1. The van der Waals surface area contributed by atoms with Crippen LogP contribution in [0.1, 0.15) is 31.2 Å². The van der Waals surface area contributed by atoms with Crippen LogP contribution < -0.4 is 10.5 Å². The van der Waals surface area contributed by atoms with Crippen LogP contribution in [0.5, 0.6) is 5.75 Å². The lowest BCUT2D eigenvalue weighted by molar-refractivity contribution is -0.159. The molecule has 2 heterocycles. The van der Waals surface area contributed by atoms with Crippen LogP contribution in [0.25, 0.3) is 11.4 Å². The third-order valence-corrected chi connectivity index (χ3v) is 5.43. The Morgan fingerprint density at radius 1 is 1.28 bits per heavy atom. The van der Waals surface area contributed by atoms with E-state index in [-0.39, 0.29) is 35.9 Å². The van der Waals surface area contributed by atoms with Gasteiger partial charge in [-0.1, -0.05) is 5.16 Å². The minimum Gasteiger partial charge on any atom is -0.491 e. The van der Waals surface area contributed by atoms with Crippen LogP contribution in [0.15, 0.2) is 16.7 Å². The summed E-state index contributed by atoms with van der Waals surface area (Å²) in [5, 5.41) is 3.26. The number of alkyl halides is 3. The van der Waals surface area contributed by atoms with E-state index in [1.165, 1.54) is 11.0 Å². The molecule has 0 spiro atoms. The summed E-state index contributed by atoms with van der Waals surface area (Å²) in [6.45, 7) is 1.67. The van der Waals surface area contributed by atoms with Gasteiger partial charge in [0.25, 0.3) is 0 Å². The number of amides is 2. The van der Waals surface area contributed by atoms with Crippen molar-refractivity contribution in [1.82, 2.24) is 15.0 Å². The van der Waals surface area contributed by atoms with Crippen molar-refractivity contribution in [3.8, 4) is 17.1 Å². The van der Waals surface area contributed by atoms with E-state index in [0.717, 1.165) is 6.07 Å². The Bertz CT molecular complexity index is 1050. The van der Waals surface area contributed by atoms with Gasteiger partial charge in [-0.15, -0.1) is 0 Å². The molecular formula is C19H18F4N4O5. The maximum Gasteiger partial charge on any atom is 0.471 e. The summed E-state index contributed by atoms with van der Waals surface area (Å²) in [5.74, 6) is -3.34. The number of fused-ring (bicyclic) bond motifs is 1. The lowest BCUT2D eigenvalue weighted by Crippen LogP contribution is -2.48. The molecule has 13 heteroatoms. The Morgan fingerprint density at radius 3 is 2.62 bits per heavy atom. The fourth-order valence-electron chi connectivity index (χ4n) is 3.66. The summed E-state index contributed by atoms with van der Waals surface area (Å²) >= 11 is 0. The van der Waals surface area contributed by atoms with Crippen molar-refractivity contribution in [3.63, 3.8) is 0 Å². The van der Waals surface area contributed by atoms with Gasteiger partial charge in [0.15, 0.2) is 0 Å². The van der Waals surface area contributed by atoms with Crippen molar-refractivity contribution < 1.29 is 41.1 Å². The third-order valence-electron chi connectivity index (χ3n) is 5.43. The zero-order valence-electron chi connectivity index (χ0n) is 16.7. The Kier molecular flexibility index (Phi) is 5.42. The van der Waals surface area contributed by atoms with Crippen molar-refractivity contribution in [2.24, 2.45) is 11.7 Å². The van der Waals surface area contributed by atoms with Crippen molar-refractivity contribution in [2.75, 3.05) is 6.61 Å². The van der Waals surface area contributed by atoms with Gasteiger partial charge in [0.1, 0.15) is 24.3 Å². The maximum absolute atomic E-state index is 14.9. The average Bonchev–Trinajstić information content (AvgIpc) is 3.11. The lowest BCUT2D eigenvalue weighted by atomic mass is 9.81. The number of halogens is 4. The number of ether oxygens (including phenoxy) is 2. The first kappa shape index (κ1) is 21.8. The number of nitrogens with zero attached hydrogens (tertiary/aromatic N) is 3. The van der Waals surface area contributed by atoms with Gasteiger partial charge in [0.2, 0.25) is 11.7 Å². The van der Waals surface area contributed by atoms with Gasteiger partial charge >= 0.3 is 18.2 Å². The van der Waals surface area contributed by atoms with Crippen LogP contribution in [0.3, 0.4) is 0 Å². The third kappa shape index (κ3) is 4.18. The van der Waals surface area contributed by atoms with Gasteiger partial charge in [-0.2, -0.15) is 18.2 Å². The highest BCUT2D eigenvalue weighted by atomic mass is 19.4. The molecule has 1 aliphatic heterocycles. The Hall–Kier alpha value is -3.38. The van der Waals surface area contributed by atoms with E-state index in [4.69, 9.17) is 15.2 Å². The second kappa shape index (κ2) is 7.95. The van der Waals surface area contributed by atoms with E-state index < -0.39 is 47.9 Å². The number of hydrogen-bond donors (Lipinski definition) is 1. The van der Waals surface area contributed by atoms with Gasteiger partial charge in [-0.05, 0) is 31.9 Å². The molecule has 1 aromatic heterocycles. The first-order valence-corrected chi connectivity index (χ1v) is 9.66. The largest absolute Gasteiger partial charge is 0.491 e. The van der Waals surface area contributed by atoms with E-state index in [1.807, 2.05) is 0 Å². The number of carbonyl (C=O) groups excluding carboxylic acids is 2. The topological polar surface area (TPSA) is 121 Å². The van der Waals surface area contributed by atoms with Crippen LogP contribution >= 0.6 is 0 Å². The summed E-state index contributed by atoms with van der Waals surface area (Å²) < 4.78 is 67.7. The van der Waals surface area contributed by atoms with Crippen LogP contribution in [0, 0.1) is 11.7 Å². The number of primary amides is 1. The van der Waals surface area contributed by atoms with Crippen molar-refractivity contribution in [1.29, 1.82) is 0 Å². The Morgan fingerprint density at radius 2 is 2.00 bits per heavy atom. The van der Waals surface area contributed by atoms with E-state index in [2.05, 4.69) is 14.7 Å². The highest BCUT2D eigenvalue weighted by Crippen LogP contribution is 2.37. The molecule has 1 unspecified atom stereocenters. The molecule has 2 aromatic rings. The van der Waals surface area contributed by atoms with Gasteiger partial charge in [-0.25, -0.2) is 9.18 Å². The summed E-state index contributed by atoms with van der Waals surface area (Å²) in [6, 6.07) is 1.87. The second-order valence-electron chi connectivity index (χ2n) is 7.71. The van der Waals surface area contributed by atoms with Crippen molar-refractivity contribution in [2.45, 2.75) is 44.6 Å². The number of hydrogen-bond acceptors (Lipinski definition) is 7. The minimum absolute atomic E-state index is 0.0373. The van der Waals surface area contributed by atoms with Crippen LogP contribution in [0.4, 0.5) is 22.4 Å². The number of carbonyl (C=O) groups is 2. The van der Waals surface area contributed by atoms with E-state index in [1.54, 1.807) is 6.92 Å². The lowest BCUT2D eigenvalue weighted by Gasteiger charge is -2.38. The molecule has 1 saturated carbocycles. The molecule has 2 N–H and O–H groups in total. The van der Waals surface area contributed by atoms with Crippen molar-refractivity contribution in [3.05, 3.63) is 29.4 Å². The molecule has 1 fully saturated rings. The fourth-order valence-corrected chi connectivity index (χ4v) is 3.66. The highest BCUT2D eigenvalue weighted by molar-refractivity contribution is 5.80. The van der Waals surface area contributed by atoms with E-state index >= 15 is 0 Å². The first-order valence-electron chi connectivity index (χ1n) is 9.66. The molecule has 0 saturated heterocycles. The zero-order valence-corrected chi connectivity index (χ0v) is 16.7. The molecular weight excluding hydrogens is 440 g/mol. The summed E-state index contributed by atoms with van der Waals surface area (Å²) in [5.41, 5.74) is 4.99. The monoisotopic (exact) mass is 458 g/mol. The van der Waals surface area contributed by atoms with Gasteiger partial charge < -0.3 is 24.6 Å². The molecule has 32 heavy (non-hydrogen) atoms. The van der Waals surface area contributed by atoms with Gasteiger partial charge in [0.05, 0.1) is 12.6 Å². The Balaban J connectivity index is 1.54. The minimum atomic E-state index is -4.83. The van der Waals surface area contributed by atoms with Gasteiger partial charge in [-0.3, -0.25) is 4.79 Å². The summed E-state index contributed by atoms with van der Waals surface area (Å²) in [4.78, 5) is 28.5. The van der Waals surface area contributed by atoms with Crippen LogP contribution in [0.2, 0.25) is 0 Å². The molecule has 172 valence electrons. The molecule has 2 amide bonds. The summed E-state index contributed by atoms with van der Waals surface area (Å²) in [7, 11) is 0. The smallest absolute Gasteiger partial charge is 0.471 e. The zero-order chi connectivity index (χ0) is 23.2. The van der Waals surface area contributed by atoms with Crippen LogP contribution in [-0.4, -0.2) is 45.8 Å². The number of rotatable bonds is 3. The molecule has 4 rings (SSSR count). The van der Waals surface area contributed by atoms with Crippen LogP contribution in [-0.2, 0) is 22.3 Å². The predicted octanol–water partition coefficient (Wildman–Crippen LogP) is 2.88. The molecule has 1 atom stereocenters. The predicted molar refractivity (Wildman–Crippen MR) is 97.4 cm³/mol. The Labute approximate surface area is 178 Å². The quantitative estimate of drug-likeness (QED) is 0.702. The molecule has 9 nitrogen and oxygen atoms in total. The molecule has 1 aromatic carbocycles. The van der Waals surface area contributed by atoms with Gasteiger partial charge in [0, 0.05) is 17.0 Å². The fraction of sp³-hybridized carbons (Fsp3) is 0.474. The highest BCUT2D eigenvalue weighted by Gasteiger charge is 2.41. The number of benzene rings is 1. The SMILES string of the molecule is CC1COc2cc(-c3noc(C(F)(F)F)n3)cc(F)c2CN1C(=O)C1CC(OC(N)=O)C1. The van der Waals surface area contributed by atoms with E-state index in [9.17, 15) is 27.2 Å². The molecule has 2 aliphatic rings. The second-order valence-corrected chi connectivity index (χ2v) is 7.71. The molecule has 0 radical (unpaired) electrons. The average molecular weight is 458 g/mol.